The van der Waals surface area contributed by atoms with Gasteiger partial charge in [-0.05, 0) is 82.2 Å². The minimum atomic E-state index is -3.57. The minimum absolute atomic E-state index is 0.118. The fourth-order valence-corrected chi connectivity index (χ4v) is 12.6. The standard InChI is InChI=1S/C38H44FO5PSi/c1-27-22-28(2)34(35(23-27)30-18-19-36(39)29(3)24-30)20-21-45(42,43-7)26-31(25-37(40)41)44-46(38(4,5)6,32-14-10-8-11-15-32)33-16-12-9-13-17-33/h8-24,31H,25-26H2,1-7H3,(H,40,41)/b21-20+/t31-,45?/m1/s1. The highest BCUT2D eigenvalue weighted by molar-refractivity contribution is 7.62. The molecule has 0 saturated carbocycles. The summed E-state index contributed by atoms with van der Waals surface area (Å²) in [7, 11) is -5.33. The number of carbonyl (C=O) groups is 1. The first-order chi connectivity index (χ1) is 21.7. The first-order valence-corrected chi connectivity index (χ1v) is 19.2. The first kappa shape index (κ1) is 35.2. The van der Waals surface area contributed by atoms with Gasteiger partial charge in [0, 0.05) is 12.9 Å². The molecule has 0 heterocycles. The van der Waals surface area contributed by atoms with Gasteiger partial charge in [-0.1, -0.05) is 105 Å². The van der Waals surface area contributed by atoms with E-state index in [4.69, 9.17) is 8.95 Å². The molecule has 0 bridgehead atoms. The molecular weight excluding hydrogens is 614 g/mol. The van der Waals surface area contributed by atoms with Crippen molar-refractivity contribution in [3.8, 4) is 11.1 Å². The molecule has 242 valence electrons. The van der Waals surface area contributed by atoms with Gasteiger partial charge in [0.15, 0.2) is 0 Å². The molecule has 0 radical (unpaired) electrons. The molecule has 0 aliphatic carbocycles. The van der Waals surface area contributed by atoms with Crippen LogP contribution >= 0.6 is 7.37 Å². The molecule has 4 rings (SSSR count). The fourth-order valence-electron chi connectivity index (χ4n) is 6.20. The SMILES string of the molecule is COP(=O)(/C=C/c1c(C)cc(C)cc1-c1ccc(F)c(C)c1)C[C@@H](CC(=O)O)O[Si](c1ccccc1)(c1ccccc1)C(C)(C)C. The second kappa shape index (κ2) is 14.4. The Hall–Kier alpha value is -3.61. The summed E-state index contributed by atoms with van der Waals surface area (Å²) in [6, 6.07) is 29.0. The number of hydrogen-bond acceptors (Lipinski definition) is 4. The van der Waals surface area contributed by atoms with Crippen molar-refractivity contribution in [2.24, 2.45) is 0 Å². The van der Waals surface area contributed by atoms with Gasteiger partial charge in [0.05, 0.1) is 18.7 Å². The number of aryl methyl sites for hydroxylation is 3. The van der Waals surface area contributed by atoms with Crippen LogP contribution in [0.5, 0.6) is 0 Å². The Labute approximate surface area is 273 Å². The second-order valence-corrected chi connectivity index (χ2v) is 19.6. The Balaban J connectivity index is 1.80. The molecule has 4 aromatic rings. The van der Waals surface area contributed by atoms with Crippen LogP contribution in [0.1, 0.15) is 49.4 Å². The van der Waals surface area contributed by atoms with E-state index in [-0.39, 0.29) is 18.4 Å². The van der Waals surface area contributed by atoms with E-state index in [9.17, 15) is 18.9 Å². The van der Waals surface area contributed by atoms with Crippen LogP contribution in [0, 0.1) is 26.6 Å². The van der Waals surface area contributed by atoms with Crippen LogP contribution in [0.2, 0.25) is 5.04 Å². The summed E-state index contributed by atoms with van der Waals surface area (Å²) in [5.41, 5.74) is 5.09. The zero-order valence-corrected chi connectivity index (χ0v) is 29.6. The van der Waals surface area contributed by atoms with Crippen molar-refractivity contribution in [3.63, 3.8) is 0 Å². The summed E-state index contributed by atoms with van der Waals surface area (Å²) >= 11 is 0. The molecule has 1 unspecified atom stereocenters. The molecule has 0 saturated heterocycles. The van der Waals surface area contributed by atoms with Crippen molar-refractivity contribution in [1.29, 1.82) is 0 Å². The smallest absolute Gasteiger partial charge is 0.305 e. The van der Waals surface area contributed by atoms with Crippen molar-refractivity contribution >= 4 is 38.1 Å². The van der Waals surface area contributed by atoms with Gasteiger partial charge in [0.25, 0.3) is 8.32 Å². The predicted molar refractivity (Wildman–Crippen MR) is 189 cm³/mol. The molecular formula is C38H44FO5PSi. The third kappa shape index (κ3) is 7.84. The van der Waals surface area contributed by atoms with E-state index < -0.39 is 32.8 Å². The maximum Gasteiger partial charge on any atom is 0.305 e. The van der Waals surface area contributed by atoms with Crippen molar-refractivity contribution in [2.45, 2.75) is 59.1 Å². The summed E-state index contributed by atoms with van der Waals surface area (Å²) < 4.78 is 41.4. The average Bonchev–Trinajstić information content (AvgIpc) is 3.00. The van der Waals surface area contributed by atoms with Crippen LogP contribution in [0.3, 0.4) is 0 Å². The van der Waals surface area contributed by atoms with Crippen molar-refractivity contribution in [1.82, 2.24) is 0 Å². The molecule has 46 heavy (non-hydrogen) atoms. The molecule has 1 N–H and O–H groups in total. The number of halogens is 1. The summed E-state index contributed by atoms with van der Waals surface area (Å²) in [5, 5.41) is 11.6. The Kier molecular flexibility index (Phi) is 11.1. The van der Waals surface area contributed by atoms with Crippen LogP contribution in [-0.4, -0.2) is 38.8 Å². The van der Waals surface area contributed by atoms with Gasteiger partial charge in [-0.25, -0.2) is 4.39 Å². The first-order valence-electron chi connectivity index (χ1n) is 15.4. The largest absolute Gasteiger partial charge is 0.481 e. The van der Waals surface area contributed by atoms with Gasteiger partial charge in [-0.2, -0.15) is 0 Å². The fraction of sp³-hybridized carbons (Fsp3) is 0.289. The summed E-state index contributed by atoms with van der Waals surface area (Å²) in [6.45, 7) is 12.1. The molecule has 8 heteroatoms. The Morgan fingerprint density at radius 3 is 2.00 bits per heavy atom. The molecule has 0 aliphatic rings. The number of carboxylic acid groups (broad SMARTS) is 1. The lowest BCUT2D eigenvalue weighted by molar-refractivity contribution is -0.138. The molecule has 5 nitrogen and oxygen atoms in total. The van der Waals surface area contributed by atoms with Crippen molar-refractivity contribution < 1.29 is 27.8 Å². The lowest BCUT2D eigenvalue weighted by atomic mass is 9.93. The second-order valence-electron chi connectivity index (χ2n) is 12.9. The van der Waals surface area contributed by atoms with E-state index >= 15 is 0 Å². The Bertz CT molecular complexity index is 1710. The number of aliphatic carboxylic acids is 1. The zero-order valence-electron chi connectivity index (χ0n) is 27.7. The van der Waals surface area contributed by atoms with Crippen LogP contribution in [0.4, 0.5) is 4.39 Å². The summed E-state index contributed by atoms with van der Waals surface area (Å²) in [6.07, 6.45) is 0.424. The Morgan fingerprint density at radius 1 is 0.913 bits per heavy atom. The quantitative estimate of drug-likeness (QED) is 0.122. The topological polar surface area (TPSA) is 72.8 Å². The number of hydrogen-bond donors (Lipinski definition) is 1. The third-order valence-corrected chi connectivity index (χ3v) is 15.6. The van der Waals surface area contributed by atoms with Crippen LogP contribution in [-0.2, 0) is 18.3 Å². The molecule has 0 amide bonds. The van der Waals surface area contributed by atoms with Crippen LogP contribution in [0.15, 0.2) is 96.8 Å². The van der Waals surface area contributed by atoms with Crippen LogP contribution < -0.4 is 10.4 Å². The van der Waals surface area contributed by atoms with Gasteiger partial charge < -0.3 is 14.1 Å². The predicted octanol–water partition coefficient (Wildman–Crippen LogP) is 8.73. The monoisotopic (exact) mass is 658 g/mol. The van der Waals surface area contributed by atoms with E-state index in [0.29, 0.717) is 5.56 Å². The summed E-state index contributed by atoms with van der Waals surface area (Å²) in [4.78, 5) is 12.3. The molecule has 0 fully saturated rings. The highest BCUT2D eigenvalue weighted by Gasteiger charge is 2.52. The van der Waals surface area contributed by atoms with Gasteiger partial charge in [-0.3, -0.25) is 9.36 Å². The van der Waals surface area contributed by atoms with E-state index in [0.717, 1.165) is 38.2 Å². The van der Waals surface area contributed by atoms with E-state index in [2.05, 4.69) is 20.8 Å². The highest BCUT2D eigenvalue weighted by atomic mass is 31.2. The third-order valence-electron chi connectivity index (χ3n) is 8.40. The molecule has 2 atom stereocenters. The van der Waals surface area contributed by atoms with Gasteiger partial charge in [0.2, 0.25) is 7.37 Å². The normalized spacial score (nSPS) is 14.3. The van der Waals surface area contributed by atoms with E-state index in [1.165, 1.54) is 13.2 Å². The van der Waals surface area contributed by atoms with E-state index in [1.54, 1.807) is 30.9 Å². The number of carboxylic acids is 1. The van der Waals surface area contributed by atoms with Gasteiger partial charge in [0.1, 0.15) is 5.82 Å². The van der Waals surface area contributed by atoms with Crippen molar-refractivity contribution in [3.05, 3.63) is 125 Å². The highest BCUT2D eigenvalue weighted by Crippen LogP contribution is 2.51. The maximum absolute atomic E-state index is 14.5. The maximum atomic E-state index is 14.5. The molecule has 0 aromatic heterocycles. The van der Waals surface area contributed by atoms with Gasteiger partial charge >= 0.3 is 5.97 Å². The number of rotatable bonds is 12. The Morgan fingerprint density at radius 2 is 1.50 bits per heavy atom. The lowest BCUT2D eigenvalue weighted by Gasteiger charge is -2.45. The van der Waals surface area contributed by atoms with Crippen molar-refractivity contribution in [2.75, 3.05) is 13.3 Å². The number of benzene rings is 4. The molecule has 4 aromatic carbocycles. The van der Waals surface area contributed by atoms with Gasteiger partial charge in [-0.15, -0.1) is 0 Å². The zero-order chi connectivity index (χ0) is 33.7. The summed E-state index contributed by atoms with van der Waals surface area (Å²) in [5.74, 6) is 0.242. The lowest BCUT2D eigenvalue weighted by Crippen LogP contribution is -2.68. The van der Waals surface area contributed by atoms with E-state index in [1.807, 2.05) is 86.6 Å². The minimum Gasteiger partial charge on any atom is -0.481 e. The average molecular weight is 659 g/mol. The molecule has 0 spiro atoms. The molecule has 0 aliphatic heterocycles. The van der Waals surface area contributed by atoms with Crippen LogP contribution in [0.25, 0.3) is 17.2 Å².